The van der Waals surface area contributed by atoms with Crippen LogP contribution in [0, 0.1) is 13.8 Å². The SMILES string of the molecule is Cc1cccc(C)c1OCC(=O)N/N=C\c1cccc(OC(=O)c2ccccc2Br)c1. The summed E-state index contributed by atoms with van der Waals surface area (Å²) >= 11 is 3.34. The number of halogens is 1. The molecule has 6 nitrogen and oxygen atoms in total. The molecule has 0 spiro atoms. The Labute approximate surface area is 189 Å². The second-order valence-corrected chi connectivity index (χ2v) is 7.60. The Kier molecular flexibility index (Phi) is 7.56. The average molecular weight is 481 g/mol. The molecule has 3 aromatic carbocycles. The molecule has 1 N–H and O–H groups in total. The minimum absolute atomic E-state index is 0.146. The van der Waals surface area contributed by atoms with E-state index in [1.807, 2.05) is 38.1 Å². The highest BCUT2D eigenvalue weighted by molar-refractivity contribution is 9.10. The number of nitrogens with zero attached hydrogens (tertiary/aromatic N) is 1. The van der Waals surface area contributed by atoms with Gasteiger partial charge in [0.05, 0.1) is 11.8 Å². The van der Waals surface area contributed by atoms with Gasteiger partial charge in [0.1, 0.15) is 11.5 Å². The number of para-hydroxylation sites is 1. The third-order valence-corrected chi connectivity index (χ3v) is 5.01. The highest BCUT2D eigenvalue weighted by Gasteiger charge is 2.12. The van der Waals surface area contributed by atoms with E-state index >= 15 is 0 Å². The number of hydrogen-bond acceptors (Lipinski definition) is 5. The number of rotatable bonds is 7. The molecule has 0 atom stereocenters. The number of amides is 1. The zero-order valence-electron chi connectivity index (χ0n) is 17.1. The zero-order valence-corrected chi connectivity index (χ0v) is 18.7. The summed E-state index contributed by atoms with van der Waals surface area (Å²) in [5.74, 6) is 0.213. The molecular weight excluding hydrogens is 460 g/mol. The lowest BCUT2D eigenvalue weighted by atomic mass is 10.1. The van der Waals surface area contributed by atoms with Crippen molar-refractivity contribution in [2.75, 3.05) is 6.61 Å². The van der Waals surface area contributed by atoms with E-state index in [0.717, 1.165) is 11.1 Å². The molecule has 0 aliphatic carbocycles. The van der Waals surface area contributed by atoms with Gasteiger partial charge < -0.3 is 9.47 Å². The Morgan fingerprint density at radius 2 is 1.71 bits per heavy atom. The summed E-state index contributed by atoms with van der Waals surface area (Å²) in [5.41, 5.74) is 5.44. The first-order valence-electron chi connectivity index (χ1n) is 9.52. The van der Waals surface area contributed by atoms with Crippen LogP contribution < -0.4 is 14.9 Å². The Morgan fingerprint density at radius 3 is 2.45 bits per heavy atom. The molecule has 0 bridgehead atoms. The molecule has 3 rings (SSSR count). The number of nitrogens with one attached hydrogen (secondary N) is 1. The quantitative estimate of drug-likeness (QED) is 0.227. The van der Waals surface area contributed by atoms with Gasteiger partial charge in [-0.05, 0) is 70.7 Å². The number of carbonyl (C=O) groups is 2. The van der Waals surface area contributed by atoms with Crippen LogP contribution >= 0.6 is 15.9 Å². The fraction of sp³-hybridized carbons (Fsp3) is 0.125. The monoisotopic (exact) mass is 480 g/mol. The van der Waals surface area contributed by atoms with E-state index in [-0.39, 0.29) is 12.5 Å². The number of ether oxygens (including phenoxy) is 2. The van der Waals surface area contributed by atoms with Crippen LogP contribution in [0.1, 0.15) is 27.0 Å². The first-order valence-corrected chi connectivity index (χ1v) is 10.3. The van der Waals surface area contributed by atoms with Crippen LogP contribution in [0.25, 0.3) is 0 Å². The van der Waals surface area contributed by atoms with Crippen LogP contribution in [-0.2, 0) is 4.79 Å². The third kappa shape index (κ3) is 6.26. The number of hydrazone groups is 1. The van der Waals surface area contributed by atoms with Gasteiger partial charge in [-0.25, -0.2) is 10.2 Å². The summed E-state index contributed by atoms with van der Waals surface area (Å²) in [6, 6.07) is 19.6. The van der Waals surface area contributed by atoms with Crippen molar-refractivity contribution in [2.45, 2.75) is 13.8 Å². The molecule has 1 amide bonds. The van der Waals surface area contributed by atoms with Crippen molar-refractivity contribution in [3.05, 3.63) is 93.5 Å². The van der Waals surface area contributed by atoms with Crippen molar-refractivity contribution < 1.29 is 19.1 Å². The van der Waals surface area contributed by atoms with Crippen molar-refractivity contribution in [1.82, 2.24) is 5.43 Å². The minimum Gasteiger partial charge on any atom is -0.483 e. The molecule has 0 aliphatic rings. The van der Waals surface area contributed by atoms with Crippen molar-refractivity contribution in [1.29, 1.82) is 0 Å². The van der Waals surface area contributed by atoms with Crippen molar-refractivity contribution >= 4 is 34.0 Å². The van der Waals surface area contributed by atoms with Gasteiger partial charge in [-0.15, -0.1) is 0 Å². The van der Waals surface area contributed by atoms with Gasteiger partial charge in [0.25, 0.3) is 5.91 Å². The maximum Gasteiger partial charge on any atom is 0.344 e. The number of esters is 1. The second-order valence-electron chi connectivity index (χ2n) is 6.74. The Bertz CT molecular complexity index is 1110. The molecule has 31 heavy (non-hydrogen) atoms. The van der Waals surface area contributed by atoms with E-state index in [2.05, 4.69) is 26.5 Å². The highest BCUT2D eigenvalue weighted by atomic mass is 79.9. The fourth-order valence-electron chi connectivity index (χ4n) is 2.82. The fourth-order valence-corrected chi connectivity index (χ4v) is 3.27. The standard InChI is InChI=1S/C24H21BrN2O4/c1-16-7-5-8-17(2)23(16)30-15-22(28)27-26-14-18-9-6-10-19(13-18)31-24(29)20-11-3-4-12-21(20)25/h3-14H,15H2,1-2H3,(H,27,28)/b26-14-. The van der Waals surface area contributed by atoms with Gasteiger partial charge in [0.2, 0.25) is 0 Å². The molecule has 0 fully saturated rings. The number of benzene rings is 3. The topological polar surface area (TPSA) is 77.0 Å². The maximum absolute atomic E-state index is 12.3. The van der Waals surface area contributed by atoms with E-state index in [9.17, 15) is 9.59 Å². The number of hydrogen-bond donors (Lipinski definition) is 1. The lowest BCUT2D eigenvalue weighted by molar-refractivity contribution is -0.123. The van der Waals surface area contributed by atoms with Crippen molar-refractivity contribution in [3.8, 4) is 11.5 Å². The van der Waals surface area contributed by atoms with E-state index in [1.165, 1.54) is 6.21 Å². The lowest BCUT2D eigenvalue weighted by Gasteiger charge is -2.10. The van der Waals surface area contributed by atoms with Crippen LogP contribution in [0.15, 0.2) is 76.3 Å². The molecular formula is C24H21BrN2O4. The molecule has 0 heterocycles. The Balaban J connectivity index is 1.55. The predicted octanol–water partition coefficient (Wildman–Crippen LogP) is 4.81. The molecule has 158 valence electrons. The Morgan fingerprint density at radius 1 is 1.00 bits per heavy atom. The summed E-state index contributed by atoms with van der Waals surface area (Å²) in [6.45, 7) is 3.70. The second kappa shape index (κ2) is 10.5. The molecule has 0 unspecified atom stereocenters. The van der Waals surface area contributed by atoms with Crippen LogP contribution in [-0.4, -0.2) is 24.7 Å². The number of carbonyl (C=O) groups excluding carboxylic acids is 2. The number of aryl methyl sites for hydroxylation is 2. The zero-order chi connectivity index (χ0) is 22.2. The van der Waals surface area contributed by atoms with E-state index in [0.29, 0.717) is 27.1 Å². The summed E-state index contributed by atoms with van der Waals surface area (Å²) in [7, 11) is 0. The molecule has 0 saturated carbocycles. The first-order chi connectivity index (χ1) is 14.9. The summed E-state index contributed by atoms with van der Waals surface area (Å²) in [5, 5.41) is 3.94. The maximum atomic E-state index is 12.3. The molecule has 3 aromatic rings. The van der Waals surface area contributed by atoms with E-state index < -0.39 is 5.97 Å². The smallest absolute Gasteiger partial charge is 0.344 e. The van der Waals surface area contributed by atoms with Gasteiger partial charge in [0, 0.05) is 4.47 Å². The van der Waals surface area contributed by atoms with Gasteiger partial charge in [-0.1, -0.05) is 42.5 Å². The van der Waals surface area contributed by atoms with Crippen LogP contribution in [0.3, 0.4) is 0 Å². The molecule has 0 aromatic heterocycles. The van der Waals surface area contributed by atoms with E-state index in [4.69, 9.17) is 9.47 Å². The predicted molar refractivity (Wildman–Crippen MR) is 123 cm³/mol. The van der Waals surface area contributed by atoms with Crippen LogP contribution in [0.4, 0.5) is 0 Å². The third-order valence-electron chi connectivity index (χ3n) is 4.32. The molecule has 0 radical (unpaired) electrons. The van der Waals surface area contributed by atoms with Crippen molar-refractivity contribution in [2.24, 2.45) is 5.10 Å². The normalized spacial score (nSPS) is 10.7. The molecule has 0 aliphatic heterocycles. The van der Waals surface area contributed by atoms with Gasteiger partial charge in [-0.3, -0.25) is 4.79 Å². The lowest BCUT2D eigenvalue weighted by Crippen LogP contribution is -2.25. The summed E-state index contributed by atoms with van der Waals surface area (Å²) in [6.07, 6.45) is 1.46. The van der Waals surface area contributed by atoms with Gasteiger partial charge >= 0.3 is 5.97 Å². The van der Waals surface area contributed by atoms with Gasteiger partial charge in [-0.2, -0.15) is 5.10 Å². The van der Waals surface area contributed by atoms with Crippen LogP contribution in [0.2, 0.25) is 0 Å². The Hall–Kier alpha value is -3.45. The van der Waals surface area contributed by atoms with E-state index in [1.54, 1.807) is 42.5 Å². The first kappa shape index (κ1) is 22.2. The summed E-state index contributed by atoms with van der Waals surface area (Å²) in [4.78, 5) is 24.3. The highest BCUT2D eigenvalue weighted by Crippen LogP contribution is 2.22. The van der Waals surface area contributed by atoms with Crippen molar-refractivity contribution in [3.63, 3.8) is 0 Å². The average Bonchev–Trinajstić information content (AvgIpc) is 2.74. The minimum atomic E-state index is -0.474. The van der Waals surface area contributed by atoms with Crippen LogP contribution in [0.5, 0.6) is 11.5 Å². The molecule has 0 saturated heterocycles. The largest absolute Gasteiger partial charge is 0.483 e. The van der Waals surface area contributed by atoms with Gasteiger partial charge in [0.15, 0.2) is 6.61 Å². The summed E-state index contributed by atoms with van der Waals surface area (Å²) < 4.78 is 11.7. The molecule has 7 heteroatoms.